The molecule has 0 radical (unpaired) electrons. The fourth-order valence-corrected chi connectivity index (χ4v) is 1.23. The average Bonchev–Trinajstić information content (AvgIpc) is 2.15. The van der Waals surface area contributed by atoms with E-state index in [-0.39, 0.29) is 0 Å². The lowest BCUT2D eigenvalue weighted by Gasteiger charge is -1.99. The highest BCUT2D eigenvalue weighted by Crippen LogP contribution is 2.19. The molecule has 0 nitrogen and oxygen atoms in total. The summed E-state index contributed by atoms with van der Waals surface area (Å²) in [4.78, 5) is 0. The maximum absolute atomic E-state index is 6.05. The lowest BCUT2D eigenvalue weighted by atomic mass is 10.1. The van der Waals surface area contributed by atoms with Crippen LogP contribution in [0.2, 0.25) is 0 Å². The van der Waals surface area contributed by atoms with E-state index in [1.807, 2.05) is 24.3 Å². The van der Waals surface area contributed by atoms with Gasteiger partial charge in [-0.05, 0) is 18.9 Å². The Morgan fingerprint density at radius 2 is 2.00 bits per heavy atom. The third-order valence-corrected chi connectivity index (χ3v) is 2.16. The highest BCUT2D eigenvalue weighted by molar-refractivity contribution is 6.48. The van der Waals surface area contributed by atoms with E-state index in [9.17, 15) is 0 Å². The van der Waals surface area contributed by atoms with Crippen LogP contribution < -0.4 is 0 Å². The van der Waals surface area contributed by atoms with Crippen molar-refractivity contribution in [3.63, 3.8) is 0 Å². The van der Waals surface area contributed by atoms with Gasteiger partial charge in [-0.1, -0.05) is 53.6 Å². The van der Waals surface area contributed by atoms with Crippen LogP contribution in [-0.2, 0) is 0 Å². The number of benzene rings is 1. The van der Waals surface area contributed by atoms with Crippen molar-refractivity contribution in [1.29, 1.82) is 0 Å². The van der Waals surface area contributed by atoms with Crippen LogP contribution in [0.1, 0.15) is 17.5 Å². The summed E-state index contributed by atoms with van der Waals surface area (Å²) >= 11 is 6.05. The molecule has 1 aromatic carbocycles. The second-order valence-electron chi connectivity index (χ2n) is 2.94. The van der Waals surface area contributed by atoms with Crippen molar-refractivity contribution in [2.75, 3.05) is 0 Å². The van der Waals surface area contributed by atoms with E-state index >= 15 is 0 Å². The zero-order valence-electron chi connectivity index (χ0n) is 7.76. The standard InChI is InChI=1S/C12H13Cl/c1-3-4-5-12(13)11-8-6-10(2)7-9-11/h3,5-9H,1,4H2,2H3/b12-5+. The molecular formula is C12H13Cl. The first kappa shape index (κ1) is 10.1. The van der Waals surface area contributed by atoms with Crippen LogP contribution >= 0.6 is 11.6 Å². The SMILES string of the molecule is C=CC/C=C(/Cl)c1ccc(C)cc1. The zero-order chi connectivity index (χ0) is 9.68. The normalized spacial score (nSPS) is 11.4. The highest BCUT2D eigenvalue weighted by Gasteiger charge is 1.95. The number of hydrogen-bond acceptors (Lipinski definition) is 0. The smallest absolute Gasteiger partial charge is 0.0441 e. The number of aryl methyl sites for hydroxylation is 1. The van der Waals surface area contributed by atoms with Crippen molar-refractivity contribution in [2.24, 2.45) is 0 Å². The summed E-state index contributed by atoms with van der Waals surface area (Å²) in [6.45, 7) is 5.70. The monoisotopic (exact) mass is 192 g/mol. The van der Waals surface area contributed by atoms with Crippen LogP contribution in [0, 0.1) is 6.92 Å². The van der Waals surface area contributed by atoms with Gasteiger partial charge in [0.25, 0.3) is 0 Å². The summed E-state index contributed by atoms with van der Waals surface area (Å²) in [7, 11) is 0. The number of rotatable bonds is 3. The lowest BCUT2D eigenvalue weighted by molar-refractivity contribution is 1.41. The molecule has 0 saturated carbocycles. The second-order valence-corrected chi connectivity index (χ2v) is 3.35. The number of halogens is 1. The van der Waals surface area contributed by atoms with Gasteiger partial charge in [-0.25, -0.2) is 0 Å². The first-order chi connectivity index (χ1) is 6.24. The Kier molecular flexibility index (Phi) is 3.78. The molecule has 0 aromatic heterocycles. The van der Waals surface area contributed by atoms with Crippen molar-refractivity contribution in [3.8, 4) is 0 Å². The first-order valence-corrected chi connectivity index (χ1v) is 4.65. The second kappa shape index (κ2) is 4.88. The van der Waals surface area contributed by atoms with Crippen molar-refractivity contribution < 1.29 is 0 Å². The molecule has 0 atom stereocenters. The summed E-state index contributed by atoms with van der Waals surface area (Å²) in [5.74, 6) is 0. The molecule has 13 heavy (non-hydrogen) atoms. The Morgan fingerprint density at radius 1 is 1.38 bits per heavy atom. The minimum atomic E-state index is 0.792. The van der Waals surface area contributed by atoms with Gasteiger partial charge in [0, 0.05) is 5.03 Å². The molecule has 0 amide bonds. The maximum Gasteiger partial charge on any atom is 0.0441 e. The van der Waals surface area contributed by atoms with E-state index in [2.05, 4.69) is 25.6 Å². The van der Waals surface area contributed by atoms with Gasteiger partial charge in [0.15, 0.2) is 0 Å². The molecule has 0 fully saturated rings. The van der Waals surface area contributed by atoms with E-state index in [4.69, 9.17) is 11.6 Å². The van der Waals surface area contributed by atoms with Gasteiger partial charge in [-0.2, -0.15) is 0 Å². The van der Waals surface area contributed by atoms with Crippen LogP contribution in [0.4, 0.5) is 0 Å². The Labute approximate surface area is 84.5 Å². The summed E-state index contributed by atoms with van der Waals surface area (Å²) < 4.78 is 0. The molecule has 0 heterocycles. The predicted octanol–water partition coefficient (Wildman–Crippen LogP) is 4.15. The molecule has 1 rings (SSSR count). The molecule has 1 heteroatoms. The summed E-state index contributed by atoms with van der Waals surface area (Å²) in [6, 6.07) is 8.16. The molecule has 0 bridgehead atoms. The summed E-state index contributed by atoms with van der Waals surface area (Å²) in [5, 5.41) is 0.792. The van der Waals surface area contributed by atoms with Gasteiger partial charge in [0.1, 0.15) is 0 Å². The Morgan fingerprint density at radius 3 is 2.54 bits per heavy atom. The third-order valence-electron chi connectivity index (χ3n) is 1.79. The van der Waals surface area contributed by atoms with Crippen LogP contribution in [0.5, 0.6) is 0 Å². The number of hydrogen-bond donors (Lipinski definition) is 0. The van der Waals surface area contributed by atoms with Crippen LogP contribution in [0.15, 0.2) is 43.0 Å². The predicted molar refractivity (Wildman–Crippen MR) is 59.8 cm³/mol. The molecular weight excluding hydrogens is 180 g/mol. The fraction of sp³-hybridized carbons (Fsp3) is 0.167. The molecule has 0 N–H and O–H groups in total. The molecule has 0 spiro atoms. The minimum Gasteiger partial charge on any atom is -0.103 e. The third kappa shape index (κ3) is 3.08. The van der Waals surface area contributed by atoms with E-state index in [1.165, 1.54) is 5.56 Å². The molecule has 0 aliphatic carbocycles. The first-order valence-electron chi connectivity index (χ1n) is 4.27. The van der Waals surface area contributed by atoms with Crippen molar-refractivity contribution in [3.05, 3.63) is 54.1 Å². The Bertz CT molecular complexity index is 306. The maximum atomic E-state index is 6.05. The quantitative estimate of drug-likeness (QED) is 0.632. The van der Waals surface area contributed by atoms with E-state index in [1.54, 1.807) is 0 Å². The topological polar surface area (TPSA) is 0 Å². The van der Waals surface area contributed by atoms with Crippen molar-refractivity contribution in [2.45, 2.75) is 13.3 Å². The van der Waals surface area contributed by atoms with Gasteiger partial charge >= 0.3 is 0 Å². The van der Waals surface area contributed by atoms with Gasteiger partial charge in [-0.15, -0.1) is 6.58 Å². The van der Waals surface area contributed by atoms with Crippen LogP contribution in [0.3, 0.4) is 0 Å². The van der Waals surface area contributed by atoms with Crippen LogP contribution in [-0.4, -0.2) is 0 Å². The highest BCUT2D eigenvalue weighted by atomic mass is 35.5. The molecule has 1 aromatic rings. The van der Waals surface area contributed by atoms with E-state index < -0.39 is 0 Å². The Balaban J connectivity index is 2.82. The minimum absolute atomic E-state index is 0.792. The molecule has 68 valence electrons. The van der Waals surface area contributed by atoms with Gasteiger partial charge in [0.05, 0.1) is 0 Å². The van der Waals surface area contributed by atoms with Gasteiger partial charge in [0.2, 0.25) is 0 Å². The number of allylic oxidation sites excluding steroid dienone is 2. The van der Waals surface area contributed by atoms with Gasteiger partial charge in [-0.3, -0.25) is 0 Å². The zero-order valence-corrected chi connectivity index (χ0v) is 8.51. The largest absolute Gasteiger partial charge is 0.103 e. The lowest BCUT2D eigenvalue weighted by Crippen LogP contribution is -1.77. The van der Waals surface area contributed by atoms with E-state index in [0.29, 0.717) is 0 Å². The average molecular weight is 193 g/mol. The molecule has 0 aliphatic rings. The molecule has 0 saturated heterocycles. The van der Waals surface area contributed by atoms with Crippen molar-refractivity contribution >= 4 is 16.6 Å². The molecule has 0 aliphatic heterocycles. The van der Waals surface area contributed by atoms with Crippen molar-refractivity contribution in [1.82, 2.24) is 0 Å². The Hall–Kier alpha value is -1.01. The molecule has 0 unspecified atom stereocenters. The van der Waals surface area contributed by atoms with E-state index in [0.717, 1.165) is 17.0 Å². The summed E-state index contributed by atoms with van der Waals surface area (Å²) in [6.07, 6.45) is 4.60. The summed E-state index contributed by atoms with van der Waals surface area (Å²) in [5.41, 5.74) is 2.31. The van der Waals surface area contributed by atoms with Gasteiger partial charge < -0.3 is 0 Å². The van der Waals surface area contributed by atoms with Crippen LogP contribution in [0.25, 0.3) is 5.03 Å². The fourth-order valence-electron chi connectivity index (χ4n) is 1.02.